The molecule has 9 aromatic carbocycles. The molecule has 0 aliphatic carbocycles. The van der Waals surface area contributed by atoms with Crippen LogP contribution in [0.2, 0.25) is 0 Å². The number of furan rings is 1. The van der Waals surface area contributed by atoms with Crippen molar-refractivity contribution in [3.8, 4) is 33.4 Å². The minimum Gasteiger partial charge on any atom is -0.456 e. The summed E-state index contributed by atoms with van der Waals surface area (Å²) in [6.07, 6.45) is 0. The smallest absolute Gasteiger partial charge is 0.136 e. The first-order valence-electron chi connectivity index (χ1n) is 19.5. The van der Waals surface area contributed by atoms with Gasteiger partial charge in [0.25, 0.3) is 0 Å². The van der Waals surface area contributed by atoms with Gasteiger partial charge >= 0.3 is 0 Å². The van der Waals surface area contributed by atoms with E-state index in [1.165, 1.54) is 0 Å². The highest BCUT2D eigenvalue weighted by atomic mass is 16.3. The van der Waals surface area contributed by atoms with Crippen LogP contribution in [0.4, 0.5) is 0 Å². The SMILES string of the molecule is [2H]c1c([2H])c([2H])c2c(-c3ccc(-c4ccccc4)c4ccccc34)c3c([2H])c([2H])c([2H])c([2H])c3c(-c3ccc4oc5cc6ccccc6cc5c4c3)c2c1[2H]. The molecule has 0 spiro atoms. The van der Waals surface area contributed by atoms with Crippen molar-refractivity contribution in [1.29, 1.82) is 0 Å². The molecule has 1 heterocycles. The van der Waals surface area contributed by atoms with Crippen molar-refractivity contribution >= 4 is 65.0 Å². The molecule has 0 unspecified atom stereocenters. The van der Waals surface area contributed by atoms with Gasteiger partial charge in [0.15, 0.2) is 0 Å². The Hall–Kier alpha value is -6.18. The predicted molar refractivity (Wildman–Crippen MR) is 200 cm³/mol. The third-order valence-corrected chi connectivity index (χ3v) is 9.28. The maximum Gasteiger partial charge on any atom is 0.136 e. The molecular formula is C46H28O. The molecule has 0 fully saturated rings. The van der Waals surface area contributed by atoms with Gasteiger partial charge < -0.3 is 4.42 Å². The second-order valence-corrected chi connectivity index (χ2v) is 11.8. The molecule has 10 aromatic rings. The fraction of sp³-hybridized carbons (Fsp3) is 0. The van der Waals surface area contributed by atoms with Crippen LogP contribution < -0.4 is 0 Å². The van der Waals surface area contributed by atoms with Gasteiger partial charge in [-0.05, 0) is 101 Å². The lowest BCUT2D eigenvalue weighted by Gasteiger charge is -2.19. The molecule has 47 heavy (non-hydrogen) atoms. The van der Waals surface area contributed by atoms with E-state index in [1.54, 1.807) is 6.07 Å². The monoisotopic (exact) mass is 604 g/mol. The zero-order chi connectivity index (χ0) is 37.9. The van der Waals surface area contributed by atoms with E-state index in [0.29, 0.717) is 33.4 Å². The van der Waals surface area contributed by atoms with Crippen LogP contribution in [0.1, 0.15) is 11.0 Å². The molecule has 0 amide bonds. The summed E-state index contributed by atoms with van der Waals surface area (Å²) in [4.78, 5) is 0. The summed E-state index contributed by atoms with van der Waals surface area (Å²) in [6, 6.07) is 36.2. The maximum atomic E-state index is 9.45. The average molecular weight is 605 g/mol. The molecule has 0 aliphatic rings. The van der Waals surface area contributed by atoms with E-state index in [1.807, 2.05) is 109 Å². The van der Waals surface area contributed by atoms with Crippen LogP contribution in [0.3, 0.4) is 0 Å². The highest BCUT2D eigenvalue weighted by Crippen LogP contribution is 2.47. The van der Waals surface area contributed by atoms with Gasteiger partial charge in [-0.2, -0.15) is 0 Å². The summed E-state index contributed by atoms with van der Waals surface area (Å²) >= 11 is 0. The van der Waals surface area contributed by atoms with E-state index in [9.17, 15) is 5.48 Å². The first-order chi connectivity index (χ1) is 26.6. The van der Waals surface area contributed by atoms with Crippen LogP contribution in [0, 0.1) is 0 Å². The third kappa shape index (κ3) is 3.97. The van der Waals surface area contributed by atoms with Crippen molar-refractivity contribution in [2.75, 3.05) is 0 Å². The van der Waals surface area contributed by atoms with E-state index in [-0.39, 0.29) is 45.7 Å². The first-order valence-corrected chi connectivity index (χ1v) is 15.5. The summed E-state index contributed by atoms with van der Waals surface area (Å²) in [6.45, 7) is 0. The Bertz CT molecular complexity index is 3220. The number of hydrogen-bond donors (Lipinski definition) is 0. The van der Waals surface area contributed by atoms with Gasteiger partial charge in [-0.3, -0.25) is 0 Å². The van der Waals surface area contributed by atoms with Gasteiger partial charge in [0.1, 0.15) is 11.2 Å². The maximum absolute atomic E-state index is 9.45. The standard InChI is InChI=1S/C46H28O/c1-2-12-29(13-3-1)33-23-24-40(35-17-7-6-16-34(33)35)46-38-20-10-8-18-36(38)45(37-19-9-11-21-39(37)46)32-22-25-43-41(27-32)42-26-30-14-4-5-15-31(30)28-44(42)47-43/h1-28H/i8D,9D,10D,11D,18D,19D,20D,21D. The van der Waals surface area contributed by atoms with E-state index < -0.39 is 24.2 Å². The van der Waals surface area contributed by atoms with Crippen molar-refractivity contribution in [2.45, 2.75) is 0 Å². The topological polar surface area (TPSA) is 13.1 Å². The fourth-order valence-corrected chi connectivity index (χ4v) is 7.19. The van der Waals surface area contributed by atoms with Crippen LogP contribution in [0.25, 0.3) is 98.4 Å². The number of benzene rings is 9. The summed E-state index contributed by atoms with van der Waals surface area (Å²) in [5.41, 5.74) is 5.01. The number of rotatable bonds is 3. The number of fused-ring (bicyclic) bond motifs is 7. The summed E-state index contributed by atoms with van der Waals surface area (Å²) in [5.74, 6) is 0. The van der Waals surface area contributed by atoms with Crippen molar-refractivity contribution in [2.24, 2.45) is 0 Å². The van der Waals surface area contributed by atoms with E-state index in [2.05, 4.69) is 6.07 Å². The molecule has 218 valence electrons. The molecule has 1 nitrogen and oxygen atoms in total. The van der Waals surface area contributed by atoms with Gasteiger partial charge in [0.05, 0.1) is 11.0 Å². The molecule has 0 saturated carbocycles. The van der Waals surface area contributed by atoms with Gasteiger partial charge in [0, 0.05) is 10.8 Å². The summed E-state index contributed by atoms with van der Waals surface area (Å²) in [5, 5.41) is 6.05. The lowest BCUT2D eigenvalue weighted by atomic mass is 9.83. The minimum absolute atomic E-state index is 0.173. The van der Waals surface area contributed by atoms with Crippen molar-refractivity contribution in [3.63, 3.8) is 0 Å². The van der Waals surface area contributed by atoms with Crippen LogP contribution in [-0.4, -0.2) is 0 Å². The van der Waals surface area contributed by atoms with Crippen LogP contribution in [0.5, 0.6) is 0 Å². The zero-order valence-corrected chi connectivity index (χ0v) is 25.0. The van der Waals surface area contributed by atoms with Crippen LogP contribution in [0.15, 0.2) is 174 Å². The van der Waals surface area contributed by atoms with Crippen molar-refractivity contribution in [1.82, 2.24) is 0 Å². The third-order valence-electron chi connectivity index (χ3n) is 9.28. The molecule has 0 atom stereocenters. The normalized spacial score (nSPS) is 14.2. The van der Waals surface area contributed by atoms with E-state index >= 15 is 0 Å². The first kappa shape index (κ1) is 19.4. The number of hydrogen-bond acceptors (Lipinski definition) is 1. The molecule has 0 saturated heterocycles. The average Bonchev–Trinajstić information content (AvgIpc) is 3.57. The van der Waals surface area contributed by atoms with Gasteiger partial charge in [-0.25, -0.2) is 0 Å². The van der Waals surface area contributed by atoms with Crippen molar-refractivity contribution < 1.29 is 15.4 Å². The fourth-order valence-electron chi connectivity index (χ4n) is 7.19. The Labute approximate surface area is 283 Å². The van der Waals surface area contributed by atoms with Crippen molar-refractivity contribution in [3.05, 3.63) is 170 Å². The van der Waals surface area contributed by atoms with Gasteiger partial charge in [-0.1, -0.05) is 145 Å². The second kappa shape index (κ2) is 10.2. The van der Waals surface area contributed by atoms with E-state index in [4.69, 9.17) is 9.90 Å². The molecular weight excluding hydrogens is 569 g/mol. The lowest BCUT2D eigenvalue weighted by molar-refractivity contribution is 0.669. The largest absolute Gasteiger partial charge is 0.456 e. The molecule has 10 rings (SSSR count). The summed E-state index contributed by atoms with van der Waals surface area (Å²) < 4.78 is 79.5. The van der Waals surface area contributed by atoms with Crippen LogP contribution >= 0.6 is 0 Å². The molecule has 0 radical (unpaired) electrons. The van der Waals surface area contributed by atoms with E-state index in [0.717, 1.165) is 43.4 Å². The summed E-state index contributed by atoms with van der Waals surface area (Å²) in [7, 11) is 0. The molecule has 0 bridgehead atoms. The van der Waals surface area contributed by atoms with Crippen LogP contribution in [-0.2, 0) is 0 Å². The Morgan fingerprint density at radius 2 is 0.915 bits per heavy atom. The minimum atomic E-state index is -0.435. The second-order valence-electron chi connectivity index (χ2n) is 11.8. The Balaban J connectivity index is 1.41. The highest BCUT2D eigenvalue weighted by Gasteiger charge is 2.20. The lowest BCUT2D eigenvalue weighted by Crippen LogP contribution is -1.92. The molecule has 0 N–H and O–H groups in total. The highest BCUT2D eigenvalue weighted by molar-refractivity contribution is 6.24. The molecule has 1 aromatic heterocycles. The Morgan fingerprint density at radius 3 is 1.62 bits per heavy atom. The predicted octanol–water partition coefficient (Wildman–Crippen LogP) is 13.2. The Kier molecular flexibility index (Phi) is 4.19. The molecule has 0 aliphatic heterocycles. The molecule has 1 heteroatoms. The van der Waals surface area contributed by atoms with Gasteiger partial charge in [0.2, 0.25) is 0 Å². The Morgan fingerprint density at radius 1 is 0.362 bits per heavy atom. The quantitative estimate of drug-likeness (QED) is 0.183. The van der Waals surface area contributed by atoms with Gasteiger partial charge in [-0.15, -0.1) is 0 Å². The zero-order valence-electron chi connectivity index (χ0n) is 33.0.